The van der Waals surface area contributed by atoms with E-state index in [0.717, 1.165) is 29.3 Å². The van der Waals surface area contributed by atoms with E-state index in [1.165, 1.54) is 0 Å². The van der Waals surface area contributed by atoms with Crippen LogP contribution in [0.2, 0.25) is 0 Å². The zero-order valence-electron chi connectivity index (χ0n) is 11.7. The lowest BCUT2D eigenvalue weighted by Gasteiger charge is -2.32. The van der Waals surface area contributed by atoms with Crippen LogP contribution >= 0.6 is 15.9 Å². The smallest absolute Gasteiger partial charge is 0.273 e. The molecular formula is C14H21BrN2O2. The van der Waals surface area contributed by atoms with Crippen LogP contribution in [0.4, 0.5) is 5.69 Å². The minimum Gasteiger partial charge on any atom is -0.307 e. The van der Waals surface area contributed by atoms with E-state index in [1.807, 2.05) is 6.07 Å². The SMILES string of the molecule is CCC(CC)(CC)NCc1cc(Br)ccc1[N+](=O)[O-]. The minimum absolute atomic E-state index is 0.0657. The van der Waals surface area contributed by atoms with E-state index in [1.54, 1.807) is 12.1 Å². The van der Waals surface area contributed by atoms with Crippen molar-refractivity contribution in [2.45, 2.75) is 52.1 Å². The molecule has 0 fully saturated rings. The predicted molar refractivity (Wildman–Crippen MR) is 81.2 cm³/mol. The van der Waals surface area contributed by atoms with Gasteiger partial charge in [0.05, 0.1) is 4.92 Å². The van der Waals surface area contributed by atoms with E-state index in [2.05, 4.69) is 42.0 Å². The molecule has 5 heteroatoms. The highest BCUT2D eigenvalue weighted by Gasteiger charge is 2.24. The van der Waals surface area contributed by atoms with Gasteiger partial charge in [-0.05, 0) is 31.4 Å². The average Bonchev–Trinajstić information content (AvgIpc) is 2.40. The molecule has 106 valence electrons. The van der Waals surface area contributed by atoms with Crippen molar-refractivity contribution in [1.82, 2.24) is 5.32 Å². The molecule has 0 spiro atoms. The molecule has 0 aromatic heterocycles. The summed E-state index contributed by atoms with van der Waals surface area (Å²) in [6, 6.07) is 5.07. The van der Waals surface area contributed by atoms with Crippen molar-refractivity contribution in [3.8, 4) is 0 Å². The van der Waals surface area contributed by atoms with Crippen molar-refractivity contribution in [3.63, 3.8) is 0 Å². The summed E-state index contributed by atoms with van der Waals surface area (Å²) in [4.78, 5) is 10.7. The van der Waals surface area contributed by atoms with Gasteiger partial charge in [-0.2, -0.15) is 0 Å². The highest BCUT2D eigenvalue weighted by molar-refractivity contribution is 9.10. The number of halogens is 1. The third kappa shape index (κ3) is 4.01. The van der Waals surface area contributed by atoms with Gasteiger partial charge in [-0.1, -0.05) is 36.7 Å². The standard InChI is InChI=1S/C14H21BrN2O2/c1-4-14(5-2,6-3)16-10-11-9-12(15)7-8-13(11)17(18)19/h7-9,16H,4-6,10H2,1-3H3. The third-order valence-electron chi connectivity index (χ3n) is 3.92. The van der Waals surface area contributed by atoms with Crippen LogP contribution in [-0.2, 0) is 6.54 Å². The van der Waals surface area contributed by atoms with Crippen LogP contribution in [0.25, 0.3) is 0 Å². The van der Waals surface area contributed by atoms with E-state index >= 15 is 0 Å². The summed E-state index contributed by atoms with van der Waals surface area (Å²) in [6.45, 7) is 6.96. The predicted octanol–water partition coefficient (Wildman–Crippen LogP) is 4.42. The highest BCUT2D eigenvalue weighted by atomic mass is 79.9. The van der Waals surface area contributed by atoms with Gasteiger partial charge in [0.25, 0.3) is 5.69 Å². The molecule has 0 saturated heterocycles. The topological polar surface area (TPSA) is 55.2 Å². The molecule has 0 heterocycles. The van der Waals surface area contributed by atoms with E-state index in [-0.39, 0.29) is 16.1 Å². The Morgan fingerprint density at radius 1 is 1.26 bits per heavy atom. The molecule has 0 unspecified atom stereocenters. The molecule has 1 aromatic carbocycles. The van der Waals surface area contributed by atoms with Crippen molar-refractivity contribution in [3.05, 3.63) is 38.3 Å². The summed E-state index contributed by atoms with van der Waals surface area (Å²) >= 11 is 3.37. The van der Waals surface area contributed by atoms with Gasteiger partial charge in [0.15, 0.2) is 0 Å². The maximum Gasteiger partial charge on any atom is 0.273 e. The number of rotatable bonds is 7. The largest absolute Gasteiger partial charge is 0.307 e. The van der Waals surface area contributed by atoms with Crippen molar-refractivity contribution >= 4 is 21.6 Å². The molecule has 4 nitrogen and oxygen atoms in total. The van der Waals surface area contributed by atoms with E-state index in [0.29, 0.717) is 6.54 Å². The van der Waals surface area contributed by atoms with Crippen molar-refractivity contribution < 1.29 is 4.92 Å². The Bertz CT molecular complexity index is 437. The Morgan fingerprint density at radius 2 is 1.84 bits per heavy atom. The fourth-order valence-electron chi connectivity index (χ4n) is 2.28. The van der Waals surface area contributed by atoms with Crippen molar-refractivity contribution in [2.75, 3.05) is 0 Å². The first-order valence-electron chi connectivity index (χ1n) is 6.65. The van der Waals surface area contributed by atoms with Gasteiger partial charge >= 0.3 is 0 Å². The molecule has 0 aliphatic carbocycles. The fourth-order valence-corrected chi connectivity index (χ4v) is 2.69. The summed E-state index contributed by atoms with van der Waals surface area (Å²) in [7, 11) is 0. The maximum atomic E-state index is 11.0. The van der Waals surface area contributed by atoms with Gasteiger partial charge in [0.2, 0.25) is 0 Å². The Labute approximate surface area is 122 Å². The molecular weight excluding hydrogens is 308 g/mol. The molecule has 0 aliphatic rings. The summed E-state index contributed by atoms with van der Waals surface area (Å²) in [5.74, 6) is 0. The third-order valence-corrected chi connectivity index (χ3v) is 4.42. The van der Waals surface area contributed by atoms with Gasteiger partial charge in [-0.3, -0.25) is 10.1 Å². The fraction of sp³-hybridized carbons (Fsp3) is 0.571. The number of nitro groups is 1. The lowest BCUT2D eigenvalue weighted by atomic mass is 9.89. The number of benzene rings is 1. The zero-order valence-corrected chi connectivity index (χ0v) is 13.3. The molecule has 1 rings (SSSR count). The van der Waals surface area contributed by atoms with Crippen LogP contribution in [0.15, 0.2) is 22.7 Å². The van der Waals surface area contributed by atoms with Crippen molar-refractivity contribution in [1.29, 1.82) is 0 Å². The number of nitro benzene ring substituents is 1. The van der Waals surface area contributed by atoms with E-state index < -0.39 is 0 Å². The second-order valence-corrected chi connectivity index (χ2v) is 5.64. The van der Waals surface area contributed by atoms with Gasteiger partial charge in [-0.15, -0.1) is 0 Å². The van der Waals surface area contributed by atoms with Crippen LogP contribution in [0.3, 0.4) is 0 Å². The summed E-state index contributed by atoms with van der Waals surface area (Å²) in [6.07, 6.45) is 3.05. The van der Waals surface area contributed by atoms with Crippen molar-refractivity contribution in [2.24, 2.45) is 0 Å². The molecule has 0 amide bonds. The maximum absolute atomic E-state index is 11.0. The monoisotopic (exact) mass is 328 g/mol. The molecule has 1 N–H and O–H groups in total. The first kappa shape index (κ1) is 16.1. The first-order valence-corrected chi connectivity index (χ1v) is 7.45. The Hall–Kier alpha value is -0.940. The van der Waals surface area contributed by atoms with Crippen LogP contribution in [0.5, 0.6) is 0 Å². The molecule has 0 bridgehead atoms. The number of hydrogen-bond acceptors (Lipinski definition) is 3. The molecule has 0 saturated carbocycles. The summed E-state index contributed by atoms with van der Waals surface area (Å²) < 4.78 is 0.866. The Kier molecular flexibility index (Phi) is 5.94. The van der Waals surface area contributed by atoms with Crippen LogP contribution in [-0.4, -0.2) is 10.5 Å². The van der Waals surface area contributed by atoms with E-state index in [9.17, 15) is 10.1 Å². The van der Waals surface area contributed by atoms with Crippen LogP contribution in [0.1, 0.15) is 45.6 Å². The zero-order chi connectivity index (χ0) is 14.5. The number of hydrogen-bond donors (Lipinski definition) is 1. The normalized spacial score (nSPS) is 11.6. The molecule has 19 heavy (non-hydrogen) atoms. The molecule has 1 aromatic rings. The van der Waals surface area contributed by atoms with Crippen LogP contribution in [0, 0.1) is 10.1 Å². The summed E-state index contributed by atoms with van der Waals surface area (Å²) in [5, 5.41) is 14.5. The van der Waals surface area contributed by atoms with E-state index in [4.69, 9.17) is 0 Å². The molecule has 0 atom stereocenters. The number of nitrogens with one attached hydrogen (secondary N) is 1. The number of nitrogens with zero attached hydrogens (tertiary/aromatic N) is 1. The van der Waals surface area contributed by atoms with Gasteiger partial charge in [-0.25, -0.2) is 0 Å². The lowest BCUT2D eigenvalue weighted by Crippen LogP contribution is -2.43. The second-order valence-electron chi connectivity index (χ2n) is 4.72. The van der Waals surface area contributed by atoms with Gasteiger partial charge in [0.1, 0.15) is 0 Å². The minimum atomic E-state index is -0.324. The quantitative estimate of drug-likeness (QED) is 0.595. The molecule has 0 aliphatic heterocycles. The summed E-state index contributed by atoms with van der Waals surface area (Å²) in [5.41, 5.74) is 0.961. The average molecular weight is 329 g/mol. The Balaban J connectivity index is 2.93. The van der Waals surface area contributed by atoms with Crippen LogP contribution < -0.4 is 5.32 Å². The second kappa shape index (κ2) is 7.01. The lowest BCUT2D eigenvalue weighted by molar-refractivity contribution is -0.385. The highest BCUT2D eigenvalue weighted by Crippen LogP contribution is 2.25. The Morgan fingerprint density at radius 3 is 2.32 bits per heavy atom. The van der Waals surface area contributed by atoms with Gasteiger partial charge in [0, 0.05) is 28.2 Å². The van der Waals surface area contributed by atoms with Gasteiger partial charge < -0.3 is 5.32 Å². The first-order chi connectivity index (χ1) is 8.98. The molecule has 0 radical (unpaired) electrons.